The molecule has 0 aromatic heterocycles. The van der Waals surface area contributed by atoms with Gasteiger partial charge in [0.05, 0.1) is 6.10 Å². The number of benzene rings is 1. The molecule has 0 aliphatic carbocycles. The maximum Gasteiger partial charge on any atom is 0.0720 e. The standard InChI is InChI=1S/C14H20N2O/c17-14-5-7-15-9-13(14)16-8-6-11-3-1-2-4-12(11)10-16/h1-4,13-15,17H,5-10H2. The highest BCUT2D eigenvalue weighted by Crippen LogP contribution is 2.22. The Hall–Kier alpha value is -0.900. The maximum atomic E-state index is 10.1. The SMILES string of the molecule is OC1CCNCC1N1CCc2ccccc2C1. The van der Waals surface area contributed by atoms with Gasteiger partial charge in [0.25, 0.3) is 0 Å². The highest BCUT2D eigenvalue weighted by molar-refractivity contribution is 5.29. The number of hydrogen-bond donors (Lipinski definition) is 2. The van der Waals surface area contributed by atoms with Gasteiger partial charge in [-0.05, 0) is 30.5 Å². The lowest BCUT2D eigenvalue weighted by atomic mass is 9.95. The third-order valence-electron chi connectivity index (χ3n) is 4.04. The topological polar surface area (TPSA) is 35.5 Å². The summed E-state index contributed by atoms with van der Waals surface area (Å²) in [5.74, 6) is 0. The van der Waals surface area contributed by atoms with Gasteiger partial charge in [-0.3, -0.25) is 4.90 Å². The Morgan fingerprint density at radius 3 is 2.88 bits per heavy atom. The summed E-state index contributed by atoms with van der Waals surface area (Å²) in [7, 11) is 0. The summed E-state index contributed by atoms with van der Waals surface area (Å²) < 4.78 is 0. The lowest BCUT2D eigenvalue weighted by Gasteiger charge is -2.40. The molecule has 2 N–H and O–H groups in total. The third kappa shape index (κ3) is 2.23. The van der Waals surface area contributed by atoms with Crippen LogP contribution in [0.15, 0.2) is 24.3 Å². The molecule has 3 nitrogen and oxygen atoms in total. The molecule has 0 bridgehead atoms. The predicted molar refractivity (Wildman–Crippen MR) is 67.8 cm³/mol. The van der Waals surface area contributed by atoms with Crippen molar-refractivity contribution in [3.63, 3.8) is 0 Å². The van der Waals surface area contributed by atoms with Gasteiger partial charge in [-0.25, -0.2) is 0 Å². The van der Waals surface area contributed by atoms with Crippen LogP contribution in [0.25, 0.3) is 0 Å². The van der Waals surface area contributed by atoms with E-state index in [4.69, 9.17) is 0 Å². The second-order valence-electron chi connectivity index (χ2n) is 5.12. The third-order valence-corrected chi connectivity index (χ3v) is 4.04. The van der Waals surface area contributed by atoms with Crippen molar-refractivity contribution in [3.8, 4) is 0 Å². The van der Waals surface area contributed by atoms with E-state index < -0.39 is 0 Å². The molecule has 3 rings (SSSR count). The number of hydrogen-bond acceptors (Lipinski definition) is 3. The average molecular weight is 232 g/mol. The van der Waals surface area contributed by atoms with E-state index in [0.717, 1.165) is 39.0 Å². The molecule has 3 heteroatoms. The van der Waals surface area contributed by atoms with Crippen LogP contribution in [0.2, 0.25) is 0 Å². The van der Waals surface area contributed by atoms with Gasteiger partial charge in [-0.2, -0.15) is 0 Å². The van der Waals surface area contributed by atoms with Crippen molar-refractivity contribution in [3.05, 3.63) is 35.4 Å². The number of fused-ring (bicyclic) bond motifs is 1. The summed E-state index contributed by atoms with van der Waals surface area (Å²) in [5, 5.41) is 13.5. The molecule has 2 aliphatic rings. The van der Waals surface area contributed by atoms with Gasteiger partial charge in [-0.1, -0.05) is 24.3 Å². The van der Waals surface area contributed by atoms with Crippen molar-refractivity contribution in [2.75, 3.05) is 19.6 Å². The van der Waals surface area contributed by atoms with E-state index in [1.165, 1.54) is 11.1 Å². The second kappa shape index (κ2) is 4.77. The summed E-state index contributed by atoms with van der Waals surface area (Å²) in [6, 6.07) is 8.95. The minimum absolute atomic E-state index is 0.165. The normalized spacial score (nSPS) is 29.9. The van der Waals surface area contributed by atoms with Crippen LogP contribution in [0.5, 0.6) is 0 Å². The Morgan fingerprint density at radius 2 is 2.06 bits per heavy atom. The van der Waals surface area contributed by atoms with E-state index in [2.05, 4.69) is 34.5 Å². The van der Waals surface area contributed by atoms with Crippen molar-refractivity contribution < 1.29 is 5.11 Å². The molecule has 1 aromatic rings. The summed E-state index contributed by atoms with van der Waals surface area (Å²) in [4.78, 5) is 2.43. The van der Waals surface area contributed by atoms with Crippen LogP contribution in [0.3, 0.4) is 0 Å². The van der Waals surface area contributed by atoms with E-state index in [9.17, 15) is 5.11 Å². The Labute approximate surface area is 102 Å². The highest BCUT2D eigenvalue weighted by Gasteiger charge is 2.30. The fourth-order valence-electron chi connectivity index (χ4n) is 3.00. The molecule has 17 heavy (non-hydrogen) atoms. The van der Waals surface area contributed by atoms with E-state index in [1.807, 2.05) is 0 Å². The zero-order chi connectivity index (χ0) is 11.7. The van der Waals surface area contributed by atoms with Crippen LogP contribution >= 0.6 is 0 Å². The van der Waals surface area contributed by atoms with Gasteiger partial charge in [-0.15, -0.1) is 0 Å². The van der Waals surface area contributed by atoms with Crippen molar-refractivity contribution in [1.82, 2.24) is 10.2 Å². The Morgan fingerprint density at radius 1 is 1.24 bits per heavy atom. The Kier molecular flexibility index (Phi) is 3.14. The fraction of sp³-hybridized carbons (Fsp3) is 0.571. The minimum Gasteiger partial charge on any atom is -0.391 e. The van der Waals surface area contributed by atoms with E-state index in [0.29, 0.717) is 0 Å². The zero-order valence-corrected chi connectivity index (χ0v) is 10.1. The lowest BCUT2D eigenvalue weighted by Crippen LogP contribution is -2.54. The molecule has 2 atom stereocenters. The van der Waals surface area contributed by atoms with E-state index in [1.54, 1.807) is 0 Å². The summed E-state index contributed by atoms with van der Waals surface area (Å²) >= 11 is 0. The number of piperidine rings is 1. The zero-order valence-electron chi connectivity index (χ0n) is 10.1. The minimum atomic E-state index is -0.165. The molecule has 0 amide bonds. The predicted octanol–water partition coefficient (Wildman–Crippen LogP) is 0.767. The first-order chi connectivity index (χ1) is 8.34. The molecule has 0 radical (unpaired) electrons. The summed E-state index contributed by atoms with van der Waals surface area (Å²) in [6.45, 7) is 3.92. The smallest absolute Gasteiger partial charge is 0.0720 e. The first kappa shape index (κ1) is 11.2. The molecule has 1 fully saturated rings. The first-order valence-corrected chi connectivity index (χ1v) is 6.54. The van der Waals surface area contributed by atoms with Gasteiger partial charge in [0.2, 0.25) is 0 Å². The molecule has 2 heterocycles. The number of rotatable bonds is 1. The maximum absolute atomic E-state index is 10.1. The number of aliphatic hydroxyl groups excluding tert-OH is 1. The van der Waals surface area contributed by atoms with Crippen molar-refractivity contribution >= 4 is 0 Å². The monoisotopic (exact) mass is 232 g/mol. The van der Waals surface area contributed by atoms with Crippen molar-refractivity contribution in [1.29, 1.82) is 0 Å². The average Bonchev–Trinajstić information content (AvgIpc) is 2.39. The molecular formula is C14H20N2O. The molecule has 1 saturated heterocycles. The van der Waals surface area contributed by atoms with Gasteiger partial charge in [0.1, 0.15) is 0 Å². The molecule has 0 spiro atoms. The molecular weight excluding hydrogens is 212 g/mol. The largest absolute Gasteiger partial charge is 0.391 e. The van der Waals surface area contributed by atoms with Gasteiger partial charge in [0.15, 0.2) is 0 Å². The molecule has 0 saturated carbocycles. The lowest BCUT2D eigenvalue weighted by molar-refractivity contribution is 0.0215. The number of nitrogens with zero attached hydrogens (tertiary/aromatic N) is 1. The van der Waals surface area contributed by atoms with Gasteiger partial charge >= 0.3 is 0 Å². The fourth-order valence-corrected chi connectivity index (χ4v) is 3.00. The van der Waals surface area contributed by atoms with Crippen molar-refractivity contribution in [2.24, 2.45) is 0 Å². The van der Waals surface area contributed by atoms with E-state index in [-0.39, 0.29) is 12.1 Å². The quantitative estimate of drug-likeness (QED) is 0.750. The number of nitrogens with one attached hydrogen (secondary N) is 1. The van der Waals surface area contributed by atoms with Crippen LogP contribution in [0, 0.1) is 0 Å². The van der Waals surface area contributed by atoms with Crippen LogP contribution < -0.4 is 5.32 Å². The van der Waals surface area contributed by atoms with Crippen LogP contribution in [-0.2, 0) is 13.0 Å². The number of aliphatic hydroxyl groups is 1. The molecule has 2 aliphatic heterocycles. The van der Waals surface area contributed by atoms with Crippen molar-refractivity contribution in [2.45, 2.75) is 31.5 Å². The van der Waals surface area contributed by atoms with Gasteiger partial charge in [0, 0.05) is 25.7 Å². The Balaban J connectivity index is 1.75. The van der Waals surface area contributed by atoms with Crippen LogP contribution in [0.1, 0.15) is 17.5 Å². The second-order valence-corrected chi connectivity index (χ2v) is 5.12. The molecule has 2 unspecified atom stereocenters. The van der Waals surface area contributed by atoms with Crippen LogP contribution in [-0.4, -0.2) is 41.8 Å². The van der Waals surface area contributed by atoms with Gasteiger partial charge < -0.3 is 10.4 Å². The molecule has 1 aromatic carbocycles. The Bertz CT molecular complexity index is 394. The highest BCUT2D eigenvalue weighted by atomic mass is 16.3. The van der Waals surface area contributed by atoms with Crippen LogP contribution in [0.4, 0.5) is 0 Å². The molecule has 92 valence electrons. The summed E-state index contributed by atoms with van der Waals surface area (Å²) in [6.07, 6.45) is 1.82. The van der Waals surface area contributed by atoms with E-state index >= 15 is 0 Å². The first-order valence-electron chi connectivity index (χ1n) is 6.54. The summed E-state index contributed by atoms with van der Waals surface area (Å²) in [5.41, 5.74) is 2.90.